The molecule has 3 rings (SSSR count). The Morgan fingerprint density at radius 2 is 2.09 bits per heavy atom. The van der Waals surface area contributed by atoms with Crippen LogP contribution in [0.1, 0.15) is 29.2 Å². The first-order valence-corrected chi connectivity index (χ1v) is 7.34. The van der Waals surface area contributed by atoms with E-state index in [9.17, 15) is 4.79 Å². The van der Waals surface area contributed by atoms with Crippen molar-refractivity contribution in [3.05, 3.63) is 30.1 Å². The van der Waals surface area contributed by atoms with Crippen LogP contribution in [0.2, 0.25) is 0 Å². The van der Waals surface area contributed by atoms with E-state index in [2.05, 4.69) is 35.1 Å². The summed E-state index contributed by atoms with van der Waals surface area (Å²) in [7, 11) is 1.50. The maximum absolute atomic E-state index is 12.0. The van der Waals surface area contributed by atoms with Gasteiger partial charge in [-0.3, -0.25) is 9.78 Å². The molecule has 120 valence electrons. The monoisotopic (exact) mass is 315 g/mol. The number of amides is 1. The Morgan fingerprint density at radius 1 is 1.26 bits per heavy atom. The molecule has 3 heterocycles. The average Bonchev–Trinajstić information content (AvgIpc) is 3.15. The molecule has 1 N–H and O–H groups in total. The summed E-state index contributed by atoms with van der Waals surface area (Å²) < 4.78 is 5.12. The molecule has 0 radical (unpaired) electrons. The highest BCUT2D eigenvalue weighted by molar-refractivity contribution is 5.91. The highest BCUT2D eigenvalue weighted by Gasteiger charge is 2.18. The average molecular weight is 315 g/mol. The zero-order chi connectivity index (χ0) is 16.1. The highest BCUT2D eigenvalue weighted by atomic mass is 16.5. The third kappa shape index (κ3) is 3.68. The van der Waals surface area contributed by atoms with Crippen molar-refractivity contribution in [1.29, 1.82) is 0 Å². The molecular weight excluding hydrogens is 298 g/mol. The van der Waals surface area contributed by atoms with Crippen molar-refractivity contribution >= 4 is 11.9 Å². The number of rotatable bonds is 5. The Bertz CT molecular complexity index is 674. The first-order chi connectivity index (χ1) is 11.3. The molecule has 1 aliphatic heterocycles. The topological polar surface area (TPSA) is 106 Å². The lowest BCUT2D eigenvalue weighted by Gasteiger charge is -2.16. The van der Waals surface area contributed by atoms with Crippen molar-refractivity contribution in [3.63, 3.8) is 0 Å². The van der Waals surface area contributed by atoms with Gasteiger partial charge in [0.15, 0.2) is 5.82 Å². The van der Waals surface area contributed by atoms with Crippen molar-refractivity contribution in [3.8, 4) is 6.01 Å². The molecule has 0 aromatic carbocycles. The number of nitrogens with one attached hydrogen (secondary N) is 1. The number of methoxy groups -OCH3 is 1. The Kier molecular flexibility index (Phi) is 4.55. The van der Waals surface area contributed by atoms with Gasteiger partial charge in [0, 0.05) is 25.5 Å². The number of hydrogen-bond acceptors (Lipinski definition) is 8. The summed E-state index contributed by atoms with van der Waals surface area (Å²) in [6.45, 7) is 1.99. The van der Waals surface area contributed by atoms with Crippen LogP contribution in [-0.2, 0) is 6.54 Å². The SMILES string of the molecule is COc1nc(CNC(=O)c2cnccn2)nc(N2CCCC2)n1. The highest BCUT2D eigenvalue weighted by Crippen LogP contribution is 2.17. The first-order valence-electron chi connectivity index (χ1n) is 7.34. The van der Waals surface area contributed by atoms with E-state index in [0.717, 1.165) is 25.9 Å². The molecule has 1 amide bonds. The molecule has 0 spiro atoms. The van der Waals surface area contributed by atoms with Crippen LogP contribution in [0.25, 0.3) is 0 Å². The van der Waals surface area contributed by atoms with Gasteiger partial charge in [-0.25, -0.2) is 4.98 Å². The molecule has 0 aliphatic carbocycles. The molecule has 9 heteroatoms. The fourth-order valence-electron chi connectivity index (χ4n) is 2.28. The minimum absolute atomic E-state index is 0.162. The van der Waals surface area contributed by atoms with Crippen LogP contribution in [0.5, 0.6) is 6.01 Å². The number of carbonyl (C=O) groups excluding carboxylic acids is 1. The van der Waals surface area contributed by atoms with Crippen molar-refractivity contribution in [1.82, 2.24) is 30.2 Å². The van der Waals surface area contributed by atoms with Crippen LogP contribution in [-0.4, -0.2) is 51.0 Å². The van der Waals surface area contributed by atoms with Crippen LogP contribution >= 0.6 is 0 Å². The molecule has 0 saturated carbocycles. The largest absolute Gasteiger partial charge is 0.467 e. The smallest absolute Gasteiger partial charge is 0.321 e. The van der Waals surface area contributed by atoms with Crippen molar-refractivity contribution in [2.75, 3.05) is 25.1 Å². The standard InChI is InChI=1S/C14H17N7O2/c1-23-14-19-11(18-13(20-14)21-6-2-3-7-21)9-17-12(22)10-8-15-4-5-16-10/h4-5,8H,2-3,6-7,9H2,1H3,(H,17,22). The third-order valence-electron chi connectivity index (χ3n) is 3.42. The predicted octanol–water partition coefficient (Wildman–Crippen LogP) is 0.200. The summed E-state index contributed by atoms with van der Waals surface area (Å²) >= 11 is 0. The predicted molar refractivity (Wildman–Crippen MR) is 81.0 cm³/mol. The van der Waals surface area contributed by atoms with Gasteiger partial charge in [-0.2, -0.15) is 15.0 Å². The second-order valence-electron chi connectivity index (χ2n) is 5.01. The van der Waals surface area contributed by atoms with Crippen LogP contribution in [0.4, 0.5) is 5.95 Å². The first kappa shape index (κ1) is 15.1. The van der Waals surface area contributed by atoms with E-state index in [1.807, 2.05) is 0 Å². The molecule has 1 aliphatic rings. The van der Waals surface area contributed by atoms with Gasteiger partial charge in [-0.15, -0.1) is 0 Å². The minimum Gasteiger partial charge on any atom is -0.467 e. The lowest BCUT2D eigenvalue weighted by molar-refractivity contribution is 0.0944. The van der Waals surface area contributed by atoms with Crippen LogP contribution in [0, 0.1) is 0 Å². The second kappa shape index (κ2) is 6.95. The summed E-state index contributed by atoms with van der Waals surface area (Å²) in [5.74, 6) is 0.689. The molecule has 1 fully saturated rings. The molecule has 2 aromatic rings. The maximum atomic E-state index is 12.0. The Morgan fingerprint density at radius 3 is 2.78 bits per heavy atom. The molecule has 0 unspecified atom stereocenters. The van der Waals surface area contributed by atoms with Gasteiger partial charge in [0.05, 0.1) is 19.9 Å². The number of hydrogen-bond donors (Lipinski definition) is 1. The van der Waals surface area contributed by atoms with Gasteiger partial charge >= 0.3 is 6.01 Å². The number of aromatic nitrogens is 5. The quantitative estimate of drug-likeness (QED) is 0.834. The number of ether oxygens (including phenoxy) is 1. The van der Waals surface area contributed by atoms with Crippen LogP contribution in [0.15, 0.2) is 18.6 Å². The lowest BCUT2D eigenvalue weighted by Crippen LogP contribution is -2.27. The summed E-state index contributed by atoms with van der Waals surface area (Å²) in [6.07, 6.45) is 6.61. The van der Waals surface area contributed by atoms with E-state index in [4.69, 9.17) is 4.74 Å². The molecule has 2 aromatic heterocycles. The van der Waals surface area contributed by atoms with Gasteiger partial charge in [-0.1, -0.05) is 0 Å². The third-order valence-corrected chi connectivity index (χ3v) is 3.42. The number of carbonyl (C=O) groups is 1. The van der Waals surface area contributed by atoms with E-state index >= 15 is 0 Å². The van der Waals surface area contributed by atoms with Gasteiger partial charge in [0.2, 0.25) is 5.95 Å². The lowest BCUT2D eigenvalue weighted by atomic mass is 10.4. The Labute approximate surface area is 133 Å². The molecular formula is C14H17N7O2. The second-order valence-corrected chi connectivity index (χ2v) is 5.01. The van der Waals surface area contributed by atoms with Gasteiger partial charge in [-0.05, 0) is 12.8 Å². The summed E-state index contributed by atoms with van der Waals surface area (Å²) in [5, 5.41) is 2.72. The summed E-state index contributed by atoms with van der Waals surface area (Å²) in [5.41, 5.74) is 0.244. The fraction of sp³-hybridized carbons (Fsp3) is 0.429. The van der Waals surface area contributed by atoms with Crippen molar-refractivity contribution < 1.29 is 9.53 Å². The molecule has 23 heavy (non-hydrogen) atoms. The van der Waals surface area contributed by atoms with E-state index in [0.29, 0.717) is 11.8 Å². The summed E-state index contributed by atoms with van der Waals surface area (Å²) in [4.78, 5) is 34.7. The Balaban J connectivity index is 1.71. The van der Waals surface area contributed by atoms with Gasteiger partial charge < -0.3 is 15.0 Å². The van der Waals surface area contributed by atoms with E-state index in [-0.39, 0.29) is 24.2 Å². The number of nitrogens with zero attached hydrogens (tertiary/aromatic N) is 6. The molecule has 1 saturated heterocycles. The minimum atomic E-state index is -0.333. The zero-order valence-corrected chi connectivity index (χ0v) is 12.8. The van der Waals surface area contributed by atoms with E-state index in [1.54, 1.807) is 0 Å². The van der Waals surface area contributed by atoms with Crippen LogP contribution < -0.4 is 15.0 Å². The van der Waals surface area contributed by atoms with E-state index < -0.39 is 0 Å². The van der Waals surface area contributed by atoms with Crippen LogP contribution in [0.3, 0.4) is 0 Å². The zero-order valence-electron chi connectivity index (χ0n) is 12.8. The summed E-state index contributed by atoms with van der Waals surface area (Å²) in [6, 6.07) is 0.241. The Hall–Kier alpha value is -2.84. The number of anilines is 1. The maximum Gasteiger partial charge on any atom is 0.321 e. The van der Waals surface area contributed by atoms with Crippen molar-refractivity contribution in [2.45, 2.75) is 19.4 Å². The van der Waals surface area contributed by atoms with Gasteiger partial charge in [0.1, 0.15) is 5.69 Å². The fourth-order valence-corrected chi connectivity index (χ4v) is 2.28. The normalized spacial score (nSPS) is 13.9. The van der Waals surface area contributed by atoms with Gasteiger partial charge in [0.25, 0.3) is 5.91 Å². The van der Waals surface area contributed by atoms with Crippen molar-refractivity contribution in [2.24, 2.45) is 0 Å². The van der Waals surface area contributed by atoms with E-state index in [1.165, 1.54) is 25.7 Å². The molecule has 9 nitrogen and oxygen atoms in total. The molecule has 0 bridgehead atoms. The molecule has 0 atom stereocenters.